The molecule has 0 saturated carbocycles. The van der Waals surface area contributed by atoms with Gasteiger partial charge in [0.25, 0.3) is 0 Å². The summed E-state index contributed by atoms with van der Waals surface area (Å²) < 4.78 is 0. The van der Waals surface area contributed by atoms with Crippen LogP contribution in [-0.4, -0.2) is 16.7 Å². The van der Waals surface area contributed by atoms with E-state index in [0.29, 0.717) is 6.54 Å². The number of fused-ring (bicyclic) bond motifs is 1. The van der Waals surface area contributed by atoms with Gasteiger partial charge in [-0.2, -0.15) is 0 Å². The van der Waals surface area contributed by atoms with Gasteiger partial charge in [0.1, 0.15) is 0 Å². The van der Waals surface area contributed by atoms with Crippen LogP contribution >= 0.6 is 0 Å². The summed E-state index contributed by atoms with van der Waals surface area (Å²) in [6, 6.07) is 20.2. The summed E-state index contributed by atoms with van der Waals surface area (Å²) in [7, 11) is 0. The Morgan fingerprint density at radius 3 is 2.67 bits per heavy atom. The molecule has 0 fully saturated rings. The number of aliphatic hydroxyl groups is 1. The number of hydrogen-bond acceptors (Lipinski definition) is 3. The predicted molar refractivity (Wildman–Crippen MR) is 84.9 cm³/mol. The number of aromatic nitrogens is 1. The summed E-state index contributed by atoms with van der Waals surface area (Å²) in [4.78, 5) is 4.32. The Balaban J connectivity index is 1.73. The highest BCUT2D eigenvalue weighted by Gasteiger charge is 2.09. The first kappa shape index (κ1) is 13.7. The summed E-state index contributed by atoms with van der Waals surface area (Å²) in [6.45, 7) is 0.796. The molecule has 0 aliphatic heterocycles. The van der Waals surface area contributed by atoms with Gasteiger partial charge in [-0.1, -0.05) is 42.5 Å². The van der Waals surface area contributed by atoms with Crippen LogP contribution in [0.2, 0.25) is 0 Å². The van der Waals surface area contributed by atoms with Crippen LogP contribution in [0.5, 0.6) is 0 Å². The van der Waals surface area contributed by atoms with Gasteiger partial charge >= 0.3 is 0 Å². The average Bonchev–Trinajstić information content (AvgIpc) is 2.56. The lowest BCUT2D eigenvalue weighted by atomic mass is 10.1. The highest BCUT2D eigenvalue weighted by atomic mass is 16.3. The lowest BCUT2D eigenvalue weighted by Gasteiger charge is -2.17. The van der Waals surface area contributed by atoms with Crippen molar-refractivity contribution in [1.29, 1.82) is 0 Å². The largest absolute Gasteiger partial charge is 0.394 e. The summed E-state index contributed by atoms with van der Waals surface area (Å²) in [5.41, 5.74) is 3.29. The molecule has 3 nitrogen and oxygen atoms in total. The molecule has 1 heterocycles. The number of nitrogens with one attached hydrogen (secondary N) is 1. The van der Waals surface area contributed by atoms with Crippen molar-refractivity contribution in [3.63, 3.8) is 0 Å². The van der Waals surface area contributed by atoms with E-state index in [-0.39, 0.29) is 12.6 Å². The second kappa shape index (κ2) is 6.48. The van der Waals surface area contributed by atoms with E-state index in [1.807, 2.05) is 42.5 Å². The molecule has 1 atom stereocenters. The molecule has 0 aliphatic carbocycles. The van der Waals surface area contributed by atoms with Gasteiger partial charge in [-0.05, 0) is 29.3 Å². The second-order valence-electron chi connectivity index (χ2n) is 5.06. The molecule has 0 bridgehead atoms. The minimum Gasteiger partial charge on any atom is -0.394 e. The number of rotatable bonds is 5. The summed E-state index contributed by atoms with van der Waals surface area (Å²) >= 11 is 0. The van der Waals surface area contributed by atoms with Crippen LogP contribution in [0.25, 0.3) is 10.9 Å². The van der Waals surface area contributed by atoms with E-state index >= 15 is 0 Å². The highest BCUT2D eigenvalue weighted by Crippen LogP contribution is 2.16. The van der Waals surface area contributed by atoms with E-state index < -0.39 is 0 Å². The molecule has 0 spiro atoms. The van der Waals surface area contributed by atoms with E-state index in [9.17, 15) is 5.11 Å². The van der Waals surface area contributed by atoms with Crippen molar-refractivity contribution in [3.05, 3.63) is 78.0 Å². The van der Waals surface area contributed by atoms with E-state index in [1.165, 1.54) is 5.56 Å². The van der Waals surface area contributed by atoms with Gasteiger partial charge in [0.15, 0.2) is 0 Å². The number of benzene rings is 2. The maximum absolute atomic E-state index is 9.56. The fraction of sp³-hybridized carbons (Fsp3) is 0.167. The first-order chi connectivity index (χ1) is 10.4. The Bertz CT molecular complexity index is 712. The van der Waals surface area contributed by atoms with E-state index in [4.69, 9.17) is 0 Å². The van der Waals surface area contributed by atoms with Gasteiger partial charge < -0.3 is 10.4 Å². The van der Waals surface area contributed by atoms with E-state index in [2.05, 4.69) is 28.5 Å². The van der Waals surface area contributed by atoms with Crippen molar-refractivity contribution in [1.82, 2.24) is 10.3 Å². The maximum Gasteiger partial charge on any atom is 0.0702 e. The molecule has 0 amide bonds. The molecule has 0 radical (unpaired) electrons. The summed E-state index contributed by atoms with van der Waals surface area (Å²) in [5, 5.41) is 14.1. The van der Waals surface area contributed by atoms with Gasteiger partial charge in [0, 0.05) is 18.1 Å². The molecular weight excluding hydrogens is 260 g/mol. The highest BCUT2D eigenvalue weighted by molar-refractivity contribution is 5.78. The average molecular weight is 278 g/mol. The van der Waals surface area contributed by atoms with Gasteiger partial charge in [-0.3, -0.25) is 4.98 Å². The van der Waals surface area contributed by atoms with Crippen LogP contribution in [0.1, 0.15) is 17.2 Å². The third-order valence-corrected chi connectivity index (χ3v) is 3.60. The van der Waals surface area contributed by atoms with Crippen LogP contribution in [0.4, 0.5) is 0 Å². The predicted octanol–water partition coefficient (Wildman–Crippen LogP) is 3.06. The zero-order valence-corrected chi connectivity index (χ0v) is 11.7. The number of aliphatic hydroxyl groups excluding tert-OH is 1. The fourth-order valence-corrected chi connectivity index (χ4v) is 2.45. The van der Waals surface area contributed by atoms with Crippen molar-refractivity contribution >= 4 is 10.9 Å². The van der Waals surface area contributed by atoms with Gasteiger partial charge in [0.2, 0.25) is 0 Å². The molecule has 0 aliphatic rings. The Kier molecular flexibility index (Phi) is 4.24. The molecule has 2 N–H and O–H groups in total. The SMILES string of the molecule is OCC(NCc1ccc2ncccc2c1)c1ccccc1. The maximum atomic E-state index is 9.56. The third kappa shape index (κ3) is 3.27. The molecule has 1 unspecified atom stereocenters. The molecule has 0 saturated heterocycles. The lowest BCUT2D eigenvalue weighted by Crippen LogP contribution is -2.23. The van der Waals surface area contributed by atoms with Gasteiger partial charge in [0.05, 0.1) is 18.2 Å². The number of pyridine rings is 1. The monoisotopic (exact) mass is 278 g/mol. The molecule has 2 aromatic carbocycles. The Morgan fingerprint density at radius 1 is 1.00 bits per heavy atom. The zero-order chi connectivity index (χ0) is 14.5. The van der Waals surface area contributed by atoms with Crippen molar-refractivity contribution < 1.29 is 5.11 Å². The van der Waals surface area contributed by atoms with Crippen LogP contribution in [-0.2, 0) is 6.54 Å². The molecule has 3 heteroatoms. The van der Waals surface area contributed by atoms with Gasteiger partial charge in [-0.25, -0.2) is 0 Å². The first-order valence-corrected chi connectivity index (χ1v) is 7.09. The molecule has 21 heavy (non-hydrogen) atoms. The van der Waals surface area contributed by atoms with Gasteiger partial charge in [-0.15, -0.1) is 0 Å². The summed E-state index contributed by atoms with van der Waals surface area (Å²) in [6.07, 6.45) is 1.80. The number of hydrogen-bond donors (Lipinski definition) is 2. The Morgan fingerprint density at radius 2 is 1.86 bits per heavy atom. The van der Waals surface area contributed by atoms with Crippen LogP contribution in [0.15, 0.2) is 66.9 Å². The zero-order valence-electron chi connectivity index (χ0n) is 11.7. The van der Waals surface area contributed by atoms with E-state index in [0.717, 1.165) is 16.5 Å². The van der Waals surface area contributed by atoms with Crippen LogP contribution < -0.4 is 5.32 Å². The molecule has 1 aromatic heterocycles. The van der Waals surface area contributed by atoms with Crippen molar-refractivity contribution in [2.75, 3.05) is 6.61 Å². The fourth-order valence-electron chi connectivity index (χ4n) is 2.45. The topological polar surface area (TPSA) is 45.1 Å². The minimum atomic E-state index is -0.0456. The van der Waals surface area contributed by atoms with Crippen LogP contribution in [0, 0.1) is 0 Å². The van der Waals surface area contributed by atoms with E-state index in [1.54, 1.807) is 6.20 Å². The first-order valence-electron chi connectivity index (χ1n) is 7.09. The Hall–Kier alpha value is -2.23. The van der Waals surface area contributed by atoms with Crippen molar-refractivity contribution in [2.24, 2.45) is 0 Å². The molecular formula is C18H18N2O. The smallest absolute Gasteiger partial charge is 0.0702 e. The Labute approximate surface area is 124 Å². The number of nitrogens with zero attached hydrogens (tertiary/aromatic N) is 1. The van der Waals surface area contributed by atoms with Crippen LogP contribution in [0.3, 0.4) is 0 Å². The third-order valence-electron chi connectivity index (χ3n) is 3.60. The standard InChI is InChI=1S/C18H18N2O/c21-13-18(15-5-2-1-3-6-15)20-12-14-8-9-17-16(11-14)7-4-10-19-17/h1-11,18,20-21H,12-13H2. The summed E-state index contributed by atoms with van der Waals surface area (Å²) in [5.74, 6) is 0. The normalized spacial score (nSPS) is 12.4. The molecule has 106 valence electrons. The quantitative estimate of drug-likeness (QED) is 0.754. The van der Waals surface area contributed by atoms with Crippen molar-refractivity contribution in [2.45, 2.75) is 12.6 Å². The lowest BCUT2D eigenvalue weighted by molar-refractivity contribution is 0.243. The second-order valence-corrected chi connectivity index (χ2v) is 5.06. The molecule has 3 rings (SSSR count). The minimum absolute atomic E-state index is 0.0456. The molecule has 3 aromatic rings. The van der Waals surface area contributed by atoms with Crippen molar-refractivity contribution in [3.8, 4) is 0 Å².